The molecule has 21 heavy (non-hydrogen) atoms. The molecule has 0 saturated carbocycles. The van der Waals surface area contributed by atoms with Gasteiger partial charge in [-0.25, -0.2) is 0 Å². The van der Waals surface area contributed by atoms with Gasteiger partial charge in [0.05, 0.1) is 12.2 Å². The Hall–Kier alpha value is -2.26. The summed E-state index contributed by atoms with van der Waals surface area (Å²) in [5, 5.41) is 5.32. The highest BCUT2D eigenvalue weighted by Crippen LogP contribution is 2.24. The molecule has 3 nitrogen and oxygen atoms in total. The number of benzene rings is 2. The number of nitrogens with two attached hydrogens (primary N) is 1. The van der Waals surface area contributed by atoms with Crippen LogP contribution >= 0.6 is 11.6 Å². The fraction of sp³-hybridized carbons (Fsp3) is 0.118. The molecular formula is C17H16ClN3. The second-order valence-electron chi connectivity index (χ2n) is 5.12. The van der Waals surface area contributed by atoms with Gasteiger partial charge in [-0.2, -0.15) is 5.10 Å². The normalized spacial score (nSPS) is 10.8. The van der Waals surface area contributed by atoms with E-state index in [1.54, 1.807) is 0 Å². The van der Waals surface area contributed by atoms with Crippen molar-refractivity contribution >= 4 is 17.3 Å². The molecule has 0 bridgehead atoms. The minimum absolute atomic E-state index is 0.674. The van der Waals surface area contributed by atoms with E-state index in [0.717, 1.165) is 21.8 Å². The first-order chi connectivity index (χ1) is 10.1. The zero-order valence-electron chi connectivity index (χ0n) is 11.8. The second kappa shape index (κ2) is 5.62. The van der Waals surface area contributed by atoms with Gasteiger partial charge in [0.15, 0.2) is 0 Å². The highest BCUT2D eigenvalue weighted by molar-refractivity contribution is 6.30. The Labute approximate surface area is 129 Å². The van der Waals surface area contributed by atoms with E-state index in [1.165, 1.54) is 5.56 Å². The van der Waals surface area contributed by atoms with E-state index in [1.807, 2.05) is 47.3 Å². The fourth-order valence-corrected chi connectivity index (χ4v) is 2.36. The molecule has 0 saturated heterocycles. The zero-order chi connectivity index (χ0) is 14.8. The van der Waals surface area contributed by atoms with E-state index in [2.05, 4.69) is 24.2 Å². The first-order valence-corrected chi connectivity index (χ1v) is 7.14. The Kier molecular flexibility index (Phi) is 3.67. The quantitative estimate of drug-likeness (QED) is 0.789. The molecule has 4 heteroatoms. The first-order valence-electron chi connectivity index (χ1n) is 6.76. The number of hydrogen-bond acceptors (Lipinski definition) is 2. The van der Waals surface area contributed by atoms with Crippen molar-refractivity contribution < 1.29 is 0 Å². The van der Waals surface area contributed by atoms with Crippen molar-refractivity contribution in [1.82, 2.24) is 9.78 Å². The summed E-state index contributed by atoms with van der Waals surface area (Å²) in [7, 11) is 0. The summed E-state index contributed by atoms with van der Waals surface area (Å²) < 4.78 is 1.85. The molecule has 2 N–H and O–H groups in total. The van der Waals surface area contributed by atoms with Crippen molar-refractivity contribution in [2.45, 2.75) is 13.5 Å². The molecule has 106 valence electrons. The summed E-state index contributed by atoms with van der Waals surface area (Å²) in [5.41, 5.74) is 11.0. The van der Waals surface area contributed by atoms with Crippen LogP contribution in [0.2, 0.25) is 5.02 Å². The lowest BCUT2D eigenvalue weighted by atomic mass is 10.1. The smallest absolute Gasteiger partial charge is 0.115 e. The molecular weight excluding hydrogens is 282 g/mol. The van der Waals surface area contributed by atoms with Crippen LogP contribution in [0.5, 0.6) is 0 Å². The third kappa shape index (κ3) is 3.09. The molecule has 1 aromatic heterocycles. The predicted octanol–water partition coefficient (Wildman–Crippen LogP) is 4.14. The lowest BCUT2D eigenvalue weighted by Crippen LogP contribution is -2.00. The molecule has 3 aromatic rings. The van der Waals surface area contributed by atoms with Gasteiger partial charge in [0, 0.05) is 16.8 Å². The Bertz CT molecular complexity index is 743. The van der Waals surface area contributed by atoms with Crippen LogP contribution in [0.1, 0.15) is 11.1 Å². The largest absolute Gasteiger partial charge is 0.396 e. The Morgan fingerprint density at radius 2 is 1.71 bits per heavy atom. The van der Waals surface area contributed by atoms with Crippen LogP contribution in [-0.2, 0) is 6.54 Å². The van der Waals surface area contributed by atoms with Crippen molar-refractivity contribution in [2.75, 3.05) is 5.73 Å². The van der Waals surface area contributed by atoms with E-state index in [-0.39, 0.29) is 0 Å². The molecule has 0 unspecified atom stereocenters. The number of aryl methyl sites for hydroxylation is 1. The fourth-order valence-electron chi connectivity index (χ4n) is 2.23. The van der Waals surface area contributed by atoms with E-state index < -0.39 is 0 Å². The van der Waals surface area contributed by atoms with Gasteiger partial charge in [0.25, 0.3) is 0 Å². The topological polar surface area (TPSA) is 43.8 Å². The van der Waals surface area contributed by atoms with Gasteiger partial charge >= 0.3 is 0 Å². The van der Waals surface area contributed by atoms with Gasteiger partial charge < -0.3 is 5.73 Å². The molecule has 0 radical (unpaired) electrons. The molecule has 0 aliphatic rings. The molecule has 0 fully saturated rings. The van der Waals surface area contributed by atoms with Gasteiger partial charge in [-0.1, -0.05) is 53.6 Å². The second-order valence-corrected chi connectivity index (χ2v) is 5.56. The number of nitrogen functional groups attached to an aromatic ring is 1. The minimum atomic E-state index is 0.674. The maximum atomic E-state index is 6.08. The van der Waals surface area contributed by atoms with Crippen LogP contribution in [-0.4, -0.2) is 9.78 Å². The lowest BCUT2D eigenvalue weighted by molar-refractivity contribution is 0.689. The van der Waals surface area contributed by atoms with Gasteiger partial charge in [0.1, 0.15) is 5.69 Å². The Balaban J connectivity index is 1.87. The maximum absolute atomic E-state index is 6.08. The van der Waals surface area contributed by atoms with Crippen LogP contribution in [0.25, 0.3) is 11.3 Å². The highest BCUT2D eigenvalue weighted by atomic mass is 35.5. The molecule has 0 atom stereocenters. The first kappa shape index (κ1) is 13.7. The number of nitrogens with zero attached hydrogens (tertiary/aromatic N) is 2. The summed E-state index contributed by atoms with van der Waals surface area (Å²) in [6, 6.07) is 16.0. The van der Waals surface area contributed by atoms with Crippen LogP contribution in [0.3, 0.4) is 0 Å². The van der Waals surface area contributed by atoms with Crippen molar-refractivity contribution in [3.63, 3.8) is 0 Å². The molecule has 0 amide bonds. The number of aromatic nitrogens is 2. The molecule has 1 heterocycles. The highest BCUT2D eigenvalue weighted by Gasteiger charge is 2.08. The maximum Gasteiger partial charge on any atom is 0.115 e. The number of anilines is 1. The number of halogens is 1. The molecule has 3 rings (SSSR count). The summed E-state index contributed by atoms with van der Waals surface area (Å²) in [6.45, 7) is 2.74. The van der Waals surface area contributed by atoms with Crippen LogP contribution in [0.15, 0.2) is 54.7 Å². The van der Waals surface area contributed by atoms with E-state index in [4.69, 9.17) is 17.3 Å². The third-order valence-corrected chi connectivity index (χ3v) is 3.62. The minimum Gasteiger partial charge on any atom is -0.396 e. The number of hydrogen-bond donors (Lipinski definition) is 1. The predicted molar refractivity (Wildman–Crippen MR) is 87.4 cm³/mol. The monoisotopic (exact) mass is 297 g/mol. The van der Waals surface area contributed by atoms with Crippen molar-refractivity contribution in [3.05, 3.63) is 70.9 Å². The van der Waals surface area contributed by atoms with Crippen molar-refractivity contribution in [1.29, 1.82) is 0 Å². The van der Waals surface area contributed by atoms with Gasteiger partial charge in [-0.05, 0) is 24.6 Å². The van der Waals surface area contributed by atoms with Gasteiger partial charge in [-0.3, -0.25) is 4.68 Å². The lowest BCUT2D eigenvalue weighted by Gasteiger charge is -2.02. The average molecular weight is 298 g/mol. The van der Waals surface area contributed by atoms with Crippen molar-refractivity contribution in [2.24, 2.45) is 0 Å². The van der Waals surface area contributed by atoms with Crippen LogP contribution in [0.4, 0.5) is 5.69 Å². The summed E-state index contributed by atoms with van der Waals surface area (Å²) in [6.07, 6.45) is 1.86. The molecule has 0 spiro atoms. The SMILES string of the molecule is Cc1ccc(-c2nn(Cc3ccc(Cl)cc3)cc2N)cc1. The third-order valence-electron chi connectivity index (χ3n) is 3.37. The standard InChI is InChI=1S/C17H16ClN3/c1-12-2-6-14(7-3-12)17-16(19)11-21(20-17)10-13-4-8-15(18)9-5-13/h2-9,11H,10,19H2,1H3. The molecule has 0 aliphatic carbocycles. The molecule has 2 aromatic carbocycles. The van der Waals surface area contributed by atoms with Crippen LogP contribution < -0.4 is 5.73 Å². The summed E-state index contributed by atoms with van der Waals surface area (Å²) in [4.78, 5) is 0. The Morgan fingerprint density at radius 1 is 1.05 bits per heavy atom. The average Bonchev–Trinajstić information content (AvgIpc) is 2.83. The summed E-state index contributed by atoms with van der Waals surface area (Å²) >= 11 is 5.89. The van der Waals surface area contributed by atoms with E-state index in [0.29, 0.717) is 12.2 Å². The summed E-state index contributed by atoms with van der Waals surface area (Å²) in [5.74, 6) is 0. The van der Waals surface area contributed by atoms with E-state index >= 15 is 0 Å². The Morgan fingerprint density at radius 3 is 2.38 bits per heavy atom. The van der Waals surface area contributed by atoms with E-state index in [9.17, 15) is 0 Å². The molecule has 0 aliphatic heterocycles. The van der Waals surface area contributed by atoms with Gasteiger partial charge in [0.2, 0.25) is 0 Å². The van der Waals surface area contributed by atoms with Gasteiger partial charge in [-0.15, -0.1) is 0 Å². The van der Waals surface area contributed by atoms with Crippen molar-refractivity contribution in [3.8, 4) is 11.3 Å². The number of rotatable bonds is 3. The van der Waals surface area contributed by atoms with Crippen LogP contribution in [0, 0.1) is 6.92 Å². The zero-order valence-corrected chi connectivity index (χ0v) is 12.5.